The van der Waals surface area contributed by atoms with E-state index in [4.69, 9.17) is 14.9 Å². The van der Waals surface area contributed by atoms with Crippen molar-refractivity contribution >= 4 is 0 Å². The predicted molar refractivity (Wildman–Crippen MR) is 42.8 cm³/mol. The Morgan fingerprint density at radius 2 is 1.69 bits per heavy atom. The largest absolute Gasteiger partial charge is 0.388 e. The van der Waals surface area contributed by atoms with Gasteiger partial charge in [-0.3, -0.25) is 0 Å². The summed E-state index contributed by atoms with van der Waals surface area (Å²) in [7, 11) is 1.65. The highest BCUT2D eigenvalue weighted by Crippen LogP contribution is 2.18. The van der Waals surface area contributed by atoms with Crippen LogP contribution in [-0.2, 0) is 4.74 Å². The van der Waals surface area contributed by atoms with Crippen LogP contribution >= 0.6 is 0 Å². The first-order chi connectivity index (χ1) is 6.07. The van der Waals surface area contributed by atoms with Gasteiger partial charge in [0.1, 0.15) is 24.4 Å². The van der Waals surface area contributed by atoms with Crippen molar-refractivity contribution in [1.29, 1.82) is 0 Å². The Morgan fingerprint density at radius 3 is 2.23 bits per heavy atom. The predicted octanol–water partition coefficient (Wildman–Crippen LogP) is -2.99. The first-order valence-electron chi connectivity index (χ1n) is 4.10. The van der Waals surface area contributed by atoms with Gasteiger partial charge in [-0.05, 0) is 7.05 Å². The summed E-state index contributed by atoms with van der Waals surface area (Å²) in [4.78, 5) is 0. The summed E-state index contributed by atoms with van der Waals surface area (Å²) < 4.78 is 4.85. The highest BCUT2D eigenvalue weighted by atomic mass is 16.6. The maximum absolute atomic E-state index is 9.37. The molecule has 0 radical (unpaired) electrons. The summed E-state index contributed by atoms with van der Waals surface area (Å²) in [6.45, 7) is 0.294. The van der Waals surface area contributed by atoms with E-state index in [2.05, 4.69) is 5.32 Å². The molecule has 0 aliphatic carbocycles. The van der Waals surface area contributed by atoms with Gasteiger partial charge in [0.2, 0.25) is 0 Å². The Balaban J connectivity index is 2.59. The quantitative estimate of drug-likeness (QED) is 0.320. The van der Waals surface area contributed by atoms with Crippen molar-refractivity contribution in [2.75, 3.05) is 13.6 Å². The number of ether oxygens (including phenoxy) is 1. The molecule has 0 aromatic rings. The van der Waals surface area contributed by atoms with E-state index in [0.29, 0.717) is 6.54 Å². The standard InChI is InChI=1S/C7H15NO5/c1-8-2-3-4(9)5(10)6(11)7(12)13-3/h3-12H,2H2,1H3/t3?,4-,5?,6+,7?/m1/s1. The van der Waals surface area contributed by atoms with Gasteiger partial charge in [0.25, 0.3) is 0 Å². The molecule has 1 saturated heterocycles. The number of aliphatic hydroxyl groups is 4. The first kappa shape index (κ1) is 10.8. The van der Waals surface area contributed by atoms with Crippen LogP contribution in [0.5, 0.6) is 0 Å². The van der Waals surface area contributed by atoms with Crippen LogP contribution in [0, 0.1) is 0 Å². The van der Waals surface area contributed by atoms with Crippen molar-refractivity contribution in [3.8, 4) is 0 Å². The topological polar surface area (TPSA) is 102 Å². The minimum Gasteiger partial charge on any atom is -0.388 e. The van der Waals surface area contributed by atoms with Gasteiger partial charge in [0.05, 0.1) is 0 Å². The zero-order valence-electron chi connectivity index (χ0n) is 7.29. The van der Waals surface area contributed by atoms with E-state index in [1.165, 1.54) is 0 Å². The van der Waals surface area contributed by atoms with E-state index in [-0.39, 0.29) is 0 Å². The van der Waals surface area contributed by atoms with Crippen molar-refractivity contribution in [2.24, 2.45) is 0 Å². The SMILES string of the molecule is CNCC1OC(O)[C@@H](O)C(O)[C@@H]1O. The lowest BCUT2D eigenvalue weighted by atomic mass is 9.99. The molecule has 5 N–H and O–H groups in total. The van der Waals surface area contributed by atoms with Gasteiger partial charge in [-0.2, -0.15) is 0 Å². The summed E-state index contributed by atoms with van der Waals surface area (Å²) in [5.41, 5.74) is 0. The molecule has 0 amide bonds. The number of likely N-dealkylation sites (N-methyl/N-ethyl adjacent to an activating group) is 1. The van der Waals surface area contributed by atoms with E-state index in [0.717, 1.165) is 0 Å². The fourth-order valence-corrected chi connectivity index (χ4v) is 1.30. The average molecular weight is 193 g/mol. The Labute approximate surface area is 75.8 Å². The molecule has 1 aliphatic heterocycles. The minimum absolute atomic E-state index is 0.294. The lowest BCUT2D eigenvalue weighted by Gasteiger charge is -2.38. The molecule has 13 heavy (non-hydrogen) atoms. The van der Waals surface area contributed by atoms with Crippen LogP contribution in [0.1, 0.15) is 0 Å². The van der Waals surface area contributed by atoms with Gasteiger partial charge in [-0.15, -0.1) is 0 Å². The molecule has 0 spiro atoms. The molecule has 0 saturated carbocycles. The number of nitrogens with one attached hydrogen (secondary N) is 1. The number of hydrogen-bond acceptors (Lipinski definition) is 6. The second-order valence-corrected chi connectivity index (χ2v) is 3.09. The summed E-state index contributed by atoms with van der Waals surface area (Å²) in [5.74, 6) is 0. The number of aliphatic hydroxyl groups excluding tert-OH is 4. The Hall–Kier alpha value is -0.240. The molecule has 6 heteroatoms. The normalized spacial score (nSPS) is 46.4. The molecule has 1 heterocycles. The van der Waals surface area contributed by atoms with Gasteiger partial charge in [0, 0.05) is 6.54 Å². The highest BCUT2D eigenvalue weighted by molar-refractivity contribution is 4.89. The van der Waals surface area contributed by atoms with E-state index in [1.807, 2.05) is 0 Å². The van der Waals surface area contributed by atoms with E-state index >= 15 is 0 Å². The molecule has 1 rings (SSSR count). The Bertz CT molecular complexity index is 167. The first-order valence-corrected chi connectivity index (χ1v) is 4.10. The molecule has 1 aliphatic rings. The molecule has 3 unspecified atom stereocenters. The Kier molecular flexibility index (Phi) is 3.60. The fraction of sp³-hybridized carbons (Fsp3) is 1.00. The molecule has 0 aromatic heterocycles. The fourth-order valence-electron chi connectivity index (χ4n) is 1.30. The van der Waals surface area contributed by atoms with Crippen LogP contribution in [0.15, 0.2) is 0 Å². The van der Waals surface area contributed by atoms with Crippen molar-refractivity contribution in [2.45, 2.75) is 30.7 Å². The molecular formula is C7H15NO5. The zero-order chi connectivity index (χ0) is 10.0. The second kappa shape index (κ2) is 4.32. The molecule has 5 atom stereocenters. The van der Waals surface area contributed by atoms with Crippen LogP contribution in [0.2, 0.25) is 0 Å². The highest BCUT2D eigenvalue weighted by Gasteiger charge is 2.42. The van der Waals surface area contributed by atoms with Crippen molar-refractivity contribution in [1.82, 2.24) is 5.32 Å². The maximum Gasteiger partial charge on any atom is 0.184 e. The second-order valence-electron chi connectivity index (χ2n) is 3.09. The van der Waals surface area contributed by atoms with Gasteiger partial charge in [-0.25, -0.2) is 0 Å². The van der Waals surface area contributed by atoms with Crippen LogP contribution in [0.25, 0.3) is 0 Å². The van der Waals surface area contributed by atoms with E-state index in [9.17, 15) is 10.2 Å². The third kappa shape index (κ3) is 2.16. The molecule has 0 bridgehead atoms. The van der Waals surface area contributed by atoms with Crippen LogP contribution in [0.4, 0.5) is 0 Å². The van der Waals surface area contributed by atoms with Gasteiger partial charge < -0.3 is 30.5 Å². The molecule has 78 valence electrons. The lowest BCUT2D eigenvalue weighted by molar-refractivity contribution is -0.280. The number of hydrogen-bond donors (Lipinski definition) is 5. The maximum atomic E-state index is 9.37. The molecule has 0 aromatic carbocycles. The van der Waals surface area contributed by atoms with Crippen LogP contribution < -0.4 is 5.32 Å². The zero-order valence-corrected chi connectivity index (χ0v) is 7.29. The summed E-state index contributed by atoms with van der Waals surface area (Å²) in [5, 5.41) is 39.5. The van der Waals surface area contributed by atoms with Crippen LogP contribution in [0.3, 0.4) is 0 Å². The minimum atomic E-state index is -1.46. The number of rotatable bonds is 2. The summed E-state index contributed by atoms with van der Waals surface area (Å²) in [6, 6.07) is 0. The Morgan fingerprint density at radius 1 is 1.08 bits per heavy atom. The monoisotopic (exact) mass is 193 g/mol. The molecule has 1 fully saturated rings. The molecule has 6 nitrogen and oxygen atoms in total. The van der Waals surface area contributed by atoms with E-state index < -0.39 is 30.7 Å². The smallest absolute Gasteiger partial charge is 0.184 e. The third-order valence-electron chi connectivity index (χ3n) is 2.09. The summed E-state index contributed by atoms with van der Waals surface area (Å²) in [6.07, 6.45) is -6.17. The van der Waals surface area contributed by atoms with Crippen molar-refractivity contribution in [3.05, 3.63) is 0 Å². The van der Waals surface area contributed by atoms with Crippen molar-refractivity contribution in [3.63, 3.8) is 0 Å². The van der Waals surface area contributed by atoms with Crippen LogP contribution in [-0.4, -0.2) is 64.7 Å². The summed E-state index contributed by atoms with van der Waals surface area (Å²) >= 11 is 0. The van der Waals surface area contributed by atoms with E-state index in [1.54, 1.807) is 7.05 Å². The average Bonchev–Trinajstić information content (AvgIpc) is 2.11. The van der Waals surface area contributed by atoms with Crippen molar-refractivity contribution < 1.29 is 25.2 Å². The third-order valence-corrected chi connectivity index (χ3v) is 2.09. The lowest BCUT2D eigenvalue weighted by Crippen LogP contribution is -2.59. The van der Waals surface area contributed by atoms with Gasteiger partial charge in [0.15, 0.2) is 6.29 Å². The van der Waals surface area contributed by atoms with Gasteiger partial charge in [-0.1, -0.05) is 0 Å². The van der Waals surface area contributed by atoms with Gasteiger partial charge >= 0.3 is 0 Å². The molecular weight excluding hydrogens is 178 g/mol.